The zero-order valence-electron chi connectivity index (χ0n) is 13.4. The quantitative estimate of drug-likeness (QED) is 0.465. The van der Waals surface area contributed by atoms with Crippen molar-refractivity contribution >= 4 is 34.2 Å². The first kappa shape index (κ1) is 14.3. The number of anilines is 1. The molecule has 0 aliphatic heterocycles. The van der Waals surface area contributed by atoms with Crippen LogP contribution < -0.4 is 5.43 Å². The summed E-state index contributed by atoms with van der Waals surface area (Å²) in [5.41, 5.74) is 7.71. The lowest BCUT2D eigenvalue weighted by Crippen LogP contribution is -2.00. The molecule has 24 heavy (non-hydrogen) atoms. The van der Waals surface area contributed by atoms with Crippen LogP contribution in [-0.2, 0) is 7.05 Å². The van der Waals surface area contributed by atoms with E-state index in [1.807, 2.05) is 60.1 Å². The molecule has 0 radical (unpaired) electrons. The highest BCUT2D eigenvalue weighted by atomic mass is 15.4. The number of nitrogens with zero attached hydrogens (tertiary/aromatic N) is 5. The van der Waals surface area contributed by atoms with Gasteiger partial charge in [0.05, 0.1) is 11.7 Å². The zero-order valence-corrected chi connectivity index (χ0v) is 13.4. The maximum Gasteiger partial charge on any atom is 0.265 e. The monoisotopic (exact) mass is 316 g/mol. The first-order valence-electron chi connectivity index (χ1n) is 7.66. The highest BCUT2D eigenvalue weighted by molar-refractivity contribution is 6.04. The third kappa shape index (κ3) is 2.48. The van der Waals surface area contributed by atoms with Gasteiger partial charge < -0.3 is 4.57 Å². The number of hydrazone groups is 1. The van der Waals surface area contributed by atoms with Gasteiger partial charge in [-0.3, -0.25) is 0 Å². The van der Waals surface area contributed by atoms with Gasteiger partial charge in [-0.1, -0.05) is 48.0 Å². The fourth-order valence-electron chi connectivity index (χ4n) is 2.67. The number of para-hydroxylation sites is 1. The van der Waals surface area contributed by atoms with Crippen LogP contribution in [-0.4, -0.2) is 26.0 Å². The predicted octanol–water partition coefficient (Wildman–Crippen LogP) is 3.27. The Kier molecular flexibility index (Phi) is 3.42. The van der Waals surface area contributed by atoms with E-state index in [1.54, 1.807) is 6.21 Å². The third-order valence-corrected chi connectivity index (χ3v) is 3.96. The third-order valence-electron chi connectivity index (χ3n) is 3.96. The molecule has 0 saturated heterocycles. The molecule has 0 aliphatic rings. The number of hydrogen-bond donors (Lipinski definition) is 1. The molecule has 0 unspecified atom stereocenters. The number of aromatic nitrogens is 4. The van der Waals surface area contributed by atoms with E-state index in [2.05, 4.69) is 32.6 Å². The second kappa shape index (κ2) is 5.73. The van der Waals surface area contributed by atoms with Crippen LogP contribution in [0.3, 0.4) is 0 Å². The first-order valence-corrected chi connectivity index (χ1v) is 7.66. The van der Waals surface area contributed by atoms with Gasteiger partial charge in [-0.15, -0.1) is 10.2 Å². The number of nitrogens with one attached hydrogen (secondary N) is 1. The molecule has 2 heterocycles. The van der Waals surface area contributed by atoms with E-state index in [9.17, 15) is 0 Å². The normalized spacial score (nSPS) is 11.6. The van der Waals surface area contributed by atoms with Crippen molar-refractivity contribution in [3.63, 3.8) is 0 Å². The van der Waals surface area contributed by atoms with Gasteiger partial charge in [-0.2, -0.15) is 10.1 Å². The van der Waals surface area contributed by atoms with Crippen LogP contribution in [0, 0.1) is 6.92 Å². The molecule has 0 spiro atoms. The lowest BCUT2D eigenvalue weighted by atomic mass is 10.2. The summed E-state index contributed by atoms with van der Waals surface area (Å²) in [6.07, 6.45) is 1.73. The van der Waals surface area contributed by atoms with Crippen molar-refractivity contribution in [1.82, 2.24) is 19.7 Å². The fraction of sp³-hybridized carbons (Fsp3) is 0.111. The summed E-state index contributed by atoms with van der Waals surface area (Å²) in [6, 6.07) is 16.2. The van der Waals surface area contributed by atoms with Gasteiger partial charge in [-0.05, 0) is 18.6 Å². The van der Waals surface area contributed by atoms with Crippen LogP contribution in [0.1, 0.15) is 11.1 Å². The lowest BCUT2D eigenvalue weighted by molar-refractivity contribution is 0.949. The summed E-state index contributed by atoms with van der Waals surface area (Å²) in [7, 11) is 1.97. The summed E-state index contributed by atoms with van der Waals surface area (Å²) >= 11 is 0. The Hall–Kier alpha value is -3.28. The predicted molar refractivity (Wildman–Crippen MR) is 96.2 cm³/mol. The van der Waals surface area contributed by atoms with Gasteiger partial charge in [0.25, 0.3) is 5.95 Å². The number of hydrogen-bond acceptors (Lipinski definition) is 5. The first-order chi connectivity index (χ1) is 11.7. The van der Waals surface area contributed by atoms with Gasteiger partial charge in [0.1, 0.15) is 5.52 Å². The molecule has 0 fully saturated rings. The molecule has 0 amide bonds. The van der Waals surface area contributed by atoms with Crippen molar-refractivity contribution in [3.05, 3.63) is 59.7 Å². The van der Waals surface area contributed by atoms with Crippen LogP contribution in [0.25, 0.3) is 22.1 Å². The van der Waals surface area contributed by atoms with Crippen LogP contribution in [0.2, 0.25) is 0 Å². The maximum absolute atomic E-state index is 4.52. The van der Waals surface area contributed by atoms with E-state index in [1.165, 1.54) is 5.56 Å². The summed E-state index contributed by atoms with van der Waals surface area (Å²) in [4.78, 5) is 4.52. The molecule has 6 nitrogen and oxygen atoms in total. The minimum Gasteiger partial charge on any atom is -0.327 e. The van der Waals surface area contributed by atoms with E-state index in [0.29, 0.717) is 5.95 Å². The molecular weight excluding hydrogens is 300 g/mol. The molecule has 0 saturated carbocycles. The number of benzene rings is 2. The largest absolute Gasteiger partial charge is 0.327 e. The molecule has 2 aromatic heterocycles. The SMILES string of the molecule is Cc1ccc(/C=N/Nc2nnc3c4ccccc4n(C)c3n2)cc1. The van der Waals surface area contributed by atoms with E-state index in [-0.39, 0.29) is 0 Å². The van der Waals surface area contributed by atoms with Crippen LogP contribution in [0.5, 0.6) is 0 Å². The second-order valence-corrected chi connectivity index (χ2v) is 5.66. The fourth-order valence-corrected chi connectivity index (χ4v) is 2.67. The topological polar surface area (TPSA) is 68.0 Å². The van der Waals surface area contributed by atoms with Gasteiger partial charge in [0.15, 0.2) is 5.65 Å². The molecule has 0 atom stereocenters. The minimum atomic E-state index is 0.372. The minimum absolute atomic E-state index is 0.372. The summed E-state index contributed by atoms with van der Waals surface area (Å²) < 4.78 is 2.01. The Morgan fingerprint density at radius 3 is 2.67 bits per heavy atom. The van der Waals surface area contributed by atoms with Crippen molar-refractivity contribution < 1.29 is 0 Å². The average Bonchev–Trinajstić information content (AvgIpc) is 2.90. The maximum atomic E-state index is 4.52. The van der Waals surface area contributed by atoms with E-state index < -0.39 is 0 Å². The van der Waals surface area contributed by atoms with Crippen molar-refractivity contribution in [1.29, 1.82) is 0 Å². The van der Waals surface area contributed by atoms with Crippen LogP contribution >= 0.6 is 0 Å². The highest BCUT2D eigenvalue weighted by Gasteiger charge is 2.11. The molecule has 2 aromatic carbocycles. The van der Waals surface area contributed by atoms with E-state index >= 15 is 0 Å². The molecule has 4 rings (SSSR count). The highest BCUT2D eigenvalue weighted by Crippen LogP contribution is 2.24. The van der Waals surface area contributed by atoms with Gasteiger partial charge >= 0.3 is 0 Å². The van der Waals surface area contributed by atoms with Gasteiger partial charge in [0, 0.05) is 12.4 Å². The van der Waals surface area contributed by atoms with E-state index in [0.717, 1.165) is 27.6 Å². The van der Waals surface area contributed by atoms with Crippen molar-refractivity contribution in [2.75, 3.05) is 5.43 Å². The van der Waals surface area contributed by atoms with Gasteiger partial charge in [-0.25, -0.2) is 5.43 Å². The van der Waals surface area contributed by atoms with E-state index in [4.69, 9.17) is 0 Å². The summed E-state index contributed by atoms with van der Waals surface area (Å²) in [5, 5.41) is 13.6. The Morgan fingerprint density at radius 2 is 1.83 bits per heavy atom. The Balaban J connectivity index is 1.64. The lowest BCUT2D eigenvalue weighted by Gasteiger charge is -1.99. The molecule has 1 N–H and O–H groups in total. The number of rotatable bonds is 3. The Bertz CT molecular complexity index is 1050. The Labute approximate surface area is 138 Å². The van der Waals surface area contributed by atoms with Crippen molar-refractivity contribution in [2.24, 2.45) is 12.1 Å². The van der Waals surface area contributed by atoms with Crippen molar-refractivity contribution in [2.45, 2.75) is 6.92 Å². The molecule has 6 heteroatoms. The van der Waals surface area contributed by atoms with Gasteiger partial charge in [0.2, 0.25) is 0 Å². The van der Waals surface area contributed by atoms with Crippen LogP contribution in [0.4, 0.5) is 5.95 Å². The molecular formula is C18H16N6. The molecule has 0 aliphatic carbocycles. The van der Waals surface area contributed by atoms with Crippen LogP contribution in [0.15, 0.2) is 53.6 Å². The van der Waals surface area contributed by atoms with Crippen molar-refractivity contribution in [3.8, 4) is 0 Å². The standard InChI is InChI=1S/C18H16N6/c1-12-7-9-13(10-8-12)11-19-22-18-20-17-16(21-23-18)14-5-3-4-6-15(14)24(17)2/h3-11H,1-2H3,(H,20,22,23)/b19-11+. The molecule has 0 bridgehead atoms. The number of aryl methyl sites for hydroxylation is 2. The summed E-state index contributed by atoms with van der Waals surface area (Å²) in [6.45, 7) is 2.05. The molecule has 118 valence electrons. The Morgan fingerprint density at radius 1 is 1.04 bits per heavy atom. The molecule has 4 aromatic rings. The smallest absolute Gasteiger partial charge is 0.265 e. The number of fused-ring (bicyclic) bond motifs is 3. The second-order valence-electron chi connectivity index (χ2n) is 5.66. The summed E-state index contributed by atoms with van der Waals surface area (Å²) in [5.74, 6) is 0.372. The zero-order chi connectivity index (χ0) is 16.5. The average molecular weight is 316 g/mol.